The molecule has 9 nitrogen and oxygen atoms in total. The first-order valence-corrected chi connectivity index (χ1v) is 13.8. The SMILES string of the molecule is CC(C)(C)[Si](OC[C@H]1O[C@@H](n2cnc3c(N)ncnc32)[C@@H](O)[C@@H]1O)(c1ccccc1)c1ccccc1. The highest BCUT2D eigenvalue weighted by Gasteiger charge is 2.52. The van der Waals surface area contributed by atoms with Crippen molar-refractivity contribution in [1.29, 1.82) is 0 Å². The van der Waals surface area contributed by atoms with Gasteiger partial charge in [-0.15, -0.1) is 0 Å². The van der Waals surface area contributed by atoms with Crippen LogP contribution in [0.3, 0.4) is 0 Å². The Morgan fingerprint density at radius 1 is 0.944 bits per heavy atom. The summed E-state index contributed by atoms with van der Waals surface area (Å²) in [6.07, 6.45) is -1.20. The van der Waals surface area contributed by atoms with Crippen molar-refractivity contribution in [2.45, 2.75) is 50.3 Å². The van der Waals surface area contributed by atoms with Gasteiger partial charge in [-0.2, -0.15) is 0 Å². The van der Waals surface area contributed by atoms with Crippen LogP contribution < -0.4 is 16.1 Å². The summed E-state index contributed by atoms with van der Waals surface area (Å²) in [5, 5.41) is 23.9. The van der Waals surface area contributed by atoms with Gasteiger partial charge in [0.05, 0.1) is 12.9 Å². The van der Waals surface area contributed by atoms with Gasteiger partial charge in [-0.3, -0.25) is 4.57 Å². The van der Waals surface area contributed by atoms with E-state index in [4.69, 9.17) is 14.9 Å². The summed E-state index contributed by atoms with van der Waals surface area (Å²) in [6, 6.07) is 20.5. The molecule has 0 spiro atoms. The predicted octanol–water partition coefficient (Wildman–Crippen LogP) is 1.60. The Balaban J connectivity index is 1.48. The van der Waals surface area contributed by atoms with Crippen LogP contribution in [0.4, 0.5) is 5.82 Å². The monoisotopic (exact) mass is 505 g/mol. The Labute approximate surface area is 210 Å². The fourth-order valence-corrected chi connectivity index (χ4v) is 9.69. The van der Waals surface area contributed by atoms with Gasteiger partial charge >= 0.3 is 0 Å². The van der Waals surface area contributed by atoms with E-state index in [2.05, 4.69) is 60.0 Å². The van der Waals surface area contributed by atoms with E-state index < -0.39 is 32.9 Å². The molecule has 188 valence electrons. The maximum Gasteiger partial charge on any atom is 0.261 e. The topological polar surface area (TPSA) is 129 Å². The van der Waals surface area contributed by atoms with Gasteiger partial charge in [0.2, 0.25) is 0 Å². The second-order valence-corrected chi connectivity index (χ2v) is 14.4. The lowest BCUT2D eigenvalue weighted by atomic mass is 10.1. The van der Waals surface area contributed by atoms with Crippen molar-refractivity contribution in [3.05, 3.63) is 73.3 Å². The largest absolute Gasteiger partial charge is 0.405 e. The van der Waals surface area contributed by atoms with Crippen LogP contribution in [0.5, 0.6) is 0 Å². The fraction of sp³-hybridized carbons (Fsp3) is 0.346. The Bertz CT molecular complexity index is 1290. The van der Waals surface area contributed by atoms with Crippen LogP contribution in [0.1, 0.15) is 27.0 Å². The maximum absolute atomic E-state index is 11.0. The number of aromatic nitrogens is 4. The summed E-state index contributed by atoms with van der Waals surface area (Å²) in [4.78, 5) is 12.5. The number of hydrogen-bond acceptors (Lipinski definition) is 8. The minimum Gasteiger partial charge on any atom is -0.405 e. The molecule has 1 saturated heterocycles. The van der Waals surface area contributed by atoms with Crippen molar-refractivity contribution in [1.82, 2.24) is 19.5 Å². The Hall–Kier alpha value is -3.15. The summed E-state index contributed by atoms with van der Waals surface area (Å²) in [7, 11) is -2.84. The van der Waals surface area contributed by atoms with E-state index in [-0.39, 0.29) is 17.5 Å². The molecular weight excluding hydrogens is 474 g/mol. The average molecular weight is 506 g/mol. The van der Waals surface area contributed by atoms with Gasteiger partial charge < -0.3 is 25.1 Å². The molecule has 1 aliphatic rings. The molecule has 36 heavy (non-hydrogen) atoms. The normalized spacial score (nSPS) is 22.8. The fourth-order valence-electron chi connectivity index (χ4n) is 5.12. The first-order chi connectivity index (χ1) is 17.2. The van der Waals surface area contributed by atoms with E-state index in [0.29, 0.717) is 11.2 Å². The molecule has 2 aromatic carbocycles. The first kappa shape index (κ1) is 24.5. The van der Waals surface area contributed by atoms with Crippen LogP contribution in [-0.4, -0.2) is 63.0 Å². The summed E-state index contributed by atoms with van der Waals surface area (Å²) < 4.78 is 14.7. The minimum atomic E-state index is -2.84. The number of rotatable bonds is 6. The molecule has 1 aliphatic heterocycles. The smallest absolute Gasteiger partial charge is 0.261 e. The molecule has 1 fully saturated rings. The zero-order chi connectivity index (χ0) is 25.5. The molecule has 0 radical (unpaired) electrons. The number of fused-ring (bicyclic) bond motifs is 1. The second-order valence-electron chi connectivity index (χ2n) is 10.1. The first-order valence-electron chi connectivity index (χ1n) is 11.9. The van der Waals surface area contributed by atoms with Crippen molar-refractivity contribution in [3.8, 4) is 0 Å². The lowest BCUT2D eigenvalue weighted by Gasteiger charge is -2.43. The number of nitrogens with zero attached hydrogens (tertiary/aromatic N) is 4. The molecule has 0 saturated carbocycles. The van der Waals surface area contributed by atoms with Gasteiger partial charge in [-0.05, 0) is 15.4 Å². The van der Waals surface area contributed by atoms with Gasteiger partial charge in [0, 0.05) is 0 Å². The van der Waals surface area contributed by atoms with E-state index in [1.165, 1.54) is 12.7 Å². The highest BCUT2D eigenvalue weighted by molar-refractivity contribution is 6.99. The molecule has 0 bridgehead atoms. The van der Waals surface area contributed by atoms with E-state index >= 15 is 0 Å². The molecule has 3 heterocycles. The van der Waals surface area contributed by atoms with Crippen LogP contribution >= 0.6 is 0 Å². The number of imidazole rings is 1. The lowest BCUT2D eigenvalue weighted by molar-refractivity contribution is -0.0486. The van der Waals surface area contributed by atoms with Gasteiger partial charge in [0.1, 0.15) is 30.2 Å². The number of aliphatic hydroxyl groups excluding tert-OH is 2. The molecule has 0 amide bonds. The van der Waals surface area contributed by atoms with Crippen molar-refractivity contribution < 1.29 is 19.4 Å². The summed E-state index contributed by atoms with van der Waals surface area (Å²) in [5.41, 5.74) is 6.74. The number of nitrogen functional groups attached to an aromatic ring is 1. The zero-order valence-corrected chi connectivity index (χ0v) is 21.5. The highest BCUT2D eigenvalue weighted by atomic mass is 28.4. The van der Waals surface area contributed by atoms with Crippen LogP contribution in [0.15, 0.2) is 73.3 Å². The Morgan fingerprint density at radius 2 is 1.56 bits per heavy atom. The number of hydrogen-bond donors (Lipinski definition) is 3. The van der Waals surface area contributed by atoms with E-state index in [0.717, 1.165) is 10.4 Å². The molecule has 4 atom stereocenters. The predicted molar refractivity (Wildman–Crippen MR) is 139 cm³/mol. The summed E-state index contributed by atoms with van der Waals surface area (Å²) in [6.45, 7) is 6.66. The van der Waals surface area contributed by atoms with Gasteiger partial charge in [0.25, 0.3) is 8.32 Å². The van der Waals surface area contributed by atoms with Crippen LogP contribution in [0.25, 0.3) is 11.2 Å². The number of benzene rings is 2. The standard InChI is InChI=1S/C26H31N5O4Si/c1-26(2,3)36(17-10-6-4-7-11-17,18-12-8-5-9-13-18)34-14-19-21(32)22(33)25(35-19)31-16-30-20-23(27)28-15-29-24(20)31/h4-13,15-16,19,21-22,25,32-33H,14H2,1-3H3,(H2,27,28,29)/t19-,21-,22+,25-/m1/s1. The number of ether oxygens (including phenoxy) is 1. The van der Waals surface area contributed by atoms with Crippen LogP contribution in [0.2, 0.25) is 5.04 Å². The average Bonchev–Trinajstić information content (AvgIpc) is 3.42. The van der Waals surface area contributed by atoms with Crippen LogP contribution in [-0.2, 0) is 9.16 Å². The lowest BCUT2D eigenvalue weighted by Crippen LogP contribution is -2.67. The molecule has 0 unspecified atom stereocenters. The van der Waals surface area contributed by atoms with E-state index in [1.54, 1.807) is 4.57 Å². The Morgan fingerprint density at radius 3 is 2.14 bits per heavy atom. The van der Waals surface area contributed by atoms with Crippen molar-refractivity contribution >= 4 is 35.7 Å². The molecule has 0 aliphatic carbocycles. The summed E-state index contributed by atoms with van der Waals surface area (Å²) in [5.74, 6) is 0.235. The third-order valence-electron chi connectivity index (χ3n) is 6.88. The van der Waals surface area contributed by atoms with Crippen LogP contribution in [0, 0.1) is 0 Å². The number of aliphatic hydroxyl groups is 2. The van der Waals surface area contributed by atoms with Crippen molar-refractivity contribution in [3.63, 3.8) is 0 Å². The highest BCUT2D eigenvalue weighted by Crippen LogP contribution is 2.38. The van der Waals surface area contributed by atoms with E-state index in [9.17, 15) is 10.2 Å². The Kier molecular flexibility index (Phi) is 6.39. The minimum absolute atomic E-state index is 0.103. The molecule has 10 heteroatoms. The third kappa shape index (κ3) is 4.00. The van der Waals surface area contributed by atoms with Crippen molar-refractivity contribution in [2.24, 2.45) is 0 Å². The van der Waals surface area contributed by atoms with Gasteiger partial charge in [-0.25, -0.2) is 15.0 Å². The second kappa shape index (κ2) is 9.38. The maximum atomic E-state index is 11.0. The molecular formula is C26H31N5O4Si. The molecule has 2 aromatic heterocycles. The summed E-state index contributed by atoms with van der Waals surface area (Å²) >= 11 is 0. The molecule has 5 rings (SSSR count). The number of anilines is 1. The van der Waals surface area contributed by atoms with Crippen molar-refractivity contribution in [2.75, 3.05) is 12.3 Å². The quantitative estimate of drug-likeness (QED) is 0.337. The number of nitrogens with two attached hydrogens (primary N) is 1. The van der Waals surface area contributed by atoms with Gasteiger partial charge in [0.15, 0.2) is 17.7 Å². The van der Waals surface area contributed by atoms with E-state index in [1.807, 2.05) is 36.4 Å². The zero-order valence-electron chi connectivity index (χ0n) is 20.5. The molecule has 4 N–H and O–H groups in total. The molecule has 4 aromatic rings. The van der Waals surface area contributed by atoms with Gasteiger partial charge in [-0.1, -0.05) is 81.4 Å². The third-order valence-corrected chi connectivity index (χ3v) is 11.9.